The normalized spacial score (nSPS) is 20.9. The summed E-state index contributed by atoms with van der Waals surface area (Å²) in [7, 11) is 2.96. The lowest BCUT2D eigenvalue weighted by Gasteiger charge is -2.12. The molecule has 5 heteroatoms. The van der Waals surface area contributed by atoms with Crippen molar-refractivity contribution >= 4 is 5.91 Å². The molecule has 1 saturated carbocycles. The summed E-state index contributed by atoms with van der Waals surface area (Å²) < 4.78 is 10.3. The van der Waals surface area contributed by atoms with E-state index in [0.717, 1.165) is 5.56 Å². The monoisotopic (exact) mass is 333 g/mol. The molecule has 0 bridgehead atoms. The minimum Gasteiger partial charge on any atom is -0.502 e. The molecular weight excluding hydrogens is 306 g/mol. The first kappa shape index (κ1) is 18.2. The minimum atomic E-state index is -0.0398. The molecule has 2 rings (SSSR count). The van der Waals surface area contributed by atoms with Gasteiger partial charge in [-0.1, -0.05) is 25.5 Å². The van der Waals surface area contributed by atoms with E-state index in [-0.39, 0.29) is 28.9 Å². The van der Waals surface area contributed by atoms with E-state index in [4.69, 9.17) is 9.47 Å². The van der Waals surface area contributed by atoms with Crippen molar-refractivity contribution in [1.82, 2.24) is 5.32 Å². The number of ether oxygens (including phenoxy) is 2. The maximum atomic E-state index is 12.5. The number of benzene rings is 1. The van der Waals surface area contributed by atoms with E-state index in [1.807, 2.05) is 0 Å². The molecule has 0 aromatic heterocycles. The number of phenolic OH excluding ortho intramolecular Hbond substituents is 1. The number of amides is 1. The lowest BCUT2D eigenvalue weighted by Crippen LogP contribution is -2.26. The highest BCUT2D eigenvalue weighted by atomic mass is 16.5. The van der Waals surface area contributed by atoms with E-state index in [0.29, 0.717) is 18.0 Å². The van der Waals surface area contributed by atoms with Gasteiger partial charge < -0.3 is 19.9 Å². The lowest BCUT2D eigenvalue weighted by molar-refractivity contribution is -0.123. The molecule has 1 aromatic rings. The summed E-state index contributed by atoms with van der Waals surface area (Å²) in [4.78, 5) is 12.5. The Morgan fingerprint density at radius 3 is 2.25 bits per heavy atom. The van der Waals surface area contributed by atoms with Gasteiger partial charge in [-0.3, -0.25) is 4.79 Å². The van der Waals surface area contributed by atoms with Gasteiger partial charge in [0, 0.05) is 6.54 Å². The molecule has 1 aliphatic rings. The maximum absolute atomic E-state index is 12.5. The fourth-order valence-electron chi connectivity index (χ4n) is 3.20. The highest BCUT2D eigenvalue weighted by molar-refractivity contribution is 5.83. The van der Waals surface area contributed by atoms with Crippen molar-refractivity contribution in [3.8, 4) is 17.2 Å². The summed E-state index contributed by atoms with van der Waals surface area (Å²) in [6, 6.07) is 3.40. The maximum Gasteiger partial charge on any atom is 0.224 e. The first-order valence-electron chi connectivity index (χ1n) is 8.09. The molecule has 0 radical (unpaired) electrons. The fraction of sp³-hybridized carbons (Fsp3) is 0.526. The number of rotatable bonds is 6. The summed E-state index contributed by atoms with van der Waals surface area (Å²) in [5.41, 5.74) is 2.04. The molecule has 24 heavy (non-hydrogen) atoms. The molecule has 0 saturated heterocycles. The summed E-state index contributed by atoms with van der Waals surface area (Å²) in [5, 5.41) is 12.9. The number of nitrogens with one attached hydrogen (secondary N) is 1. The molecule has 5 nitrogen and oxygen atoms in total. The second kappa shape index (κ2) is 6.75. The second-order valence-corrected chi connectivity index (χ2v) is 7.14. The Morgan fingerprint density at radius 1 is 1.25 bits per heavy atom. The van der Waals surface area contributed by atoms with Crippen LogP contribution in [0.3, 0.4) is 0 Å². The largest absolute Gasteiger partial charge is 0.502 e. The highest BCUT2D eigenvalue weighted by Gasteiger charge is 2.60. The zero-order valence-electron chi connectivity index (χ0n) is 15.3. The number of carbonyl (C=O) groups excluding carboxylic acids is 1. The van der Waals surface area contributed by atoms with Gasteiger partial charge in [0.25, 0.3) is 0 Å². The van der Waals surface area contributed by atoms with E-state index in [1.165, 1.54) is 19.8 Å². The van der Waals surface area contributed by atoms with Crippen molar-refractivity contribution in [2.45, 2.75) is 34.2 Å². The van der Waals surface area contributed by atoms with Crippen LogP contribution in [0.15, 0.2) is 23.8 Å². The molecule has 1 amide bonds. The minimum absolute atomic E-state index is 0.00620. The summed E-state index contributed by atoms with van der Waals surface area (Å²) in [5.74, 6) is 0.941. The van der Waals surface area contributed by atoms with E-state index >= 15 is 0 Å². The lowest BCUT2D eigenvalue weighted by atomic mass is 10.1. The third kappa shape index (κ3) is 3.50. The summed E-state index contributed by atoms with van der Waals surface area (Å²) in [6.07, 6.45) is 2.18. The Hall–Kier alpha value is -2.17. The molecule has 1 fully saturated rings. The summed E-state index contributed by atoms with van der Waals surface area (Å²) >= 11 is 0. The Kier molecular flexibility index (Phi) is 5.11. The Morgan fingerprint density at radius 2 is 1.79 bits per heavy atom. The number of aromatic hydroxyl groups is 1. The van der Waals surface area contributed by atoms with Gasteiger partial charge in [0.05, 0.1) is 20.1 Å². The average molecular weight is 333 g/mol. The van der Waals surface area contributed by atoms with E-state index in [9.17, 15) is 9.90 Å². The van der Waals surface area contributed by atoms with Crippen molar-refractivity contribution in [3.05, 3.63) is 29.3 Å². The number of hydrogen-bond acceptors (Lipinski definition) is 4. The van der Waals surface area contributed by atoms with Crippen LogP contribution in [-0.2, 0) is 11.3 Å². The van der Waals surface area contributed by atoms with Crippen LogP contribution in [-0.4, -0.2) is 25.2 Å². The van der Waals surface area contributed by atoms with E-state index in [1.54, 1.807) is 12.1 Å². The van der Waals surface area contributed by atoms with Gasteiger partial charge in [0.2, 0.25) is 11.7 Å². The summed E-state index contributed by atoms with van der Waals surface area (Å²) in [6.45, 7) is 8.71. The molecular formula is C19H27NO4. The van der Waals surface area contributed by atoms with Crippen LogP contribution in [0.1, 0.15) is 33.3 Å². The van der Waals surface area contributed by atoms with Crippen LogP contribution in [0.4, 0.5) is 0 Å². The number of methoxy groups -OCH3 is 2. The number of allylic oxidation sites excluding steroid dienone is 2. The fourth-order valence-corrected chi connectivity index (χ4v) is 3.20. The second-order valence-electron chi connectivity index (χ2n) is 7.14. The predicted molar refractivity (Wildman–Crippen MR) is 93.2 cm³/mol. The van der Waals surface area contributed by atoms with E-state index < -0.39 is 0 Å². The molecule has 0 spiro atoms. The van der Waals surface area contributed by atoms with Crippen LogP contribution in [0.2, 0.25) is 0 Å². The van der Waals surface area contributed by atoms with Crippen molar-refractivity contribution in [1.29, 1.82) is 0 Å². The smallest absolute Gasteiger partial charge is 0.224 e. The van der Waals surface area contributed by atoms with E-state index in [2.05, 4.69) is 39.1 Å². The Labute approximate surface area is 143 Å². The number of hydrogen-bond donors (Lipinski definition) is 2. The molecule has 132 valence electrons. The van der Waals surface area contributed by atoms with Gasteiger partial charge in [0.15, 0.2) is 11.5 Å². The standard InChI is InChI=1S/C19H27NO4/c1-11(2)7-13-16(19(13,3)4)18(22)20-10-12-8-14(23-5)17(21)15(9-12)24-6/h7-9,13,16,21H,10H2,1-6H3,(H,20,22). The number of phenols is 1. The van der Waals surface area contributed by atoms with Gasteiger partial charge in [-0.15, -0.1) is 0 Å². The molecule has 1 aliphatic carbocycles. The van der Waals surface area contributed by atoms with Crippen LogP contribution in [0.5, 0.6) is 17.2 Å². The highest BCUT2D eigenvalue weighted by Crippen LogP contribution is 2.59. The van der Waals surface area contributed by atoms with Gasteiger partial charge in [0.1, 0.15) is 0 Å². The third-order valence-electron chi connectivity index (χ3n) is 4.71. The molecule has 1 aromatic carbocycles. The first-order chi connectivity index (χ1) is 11.2. The van der Waals surface area contributed by atoms with Crippen LogP contribution >= 0.6 is 0 Å². The zero-order valence-corrected chi connectivity index (χ0v) is 15.3. The molecule has 2 N–H and O–H groups in total. The zero-order chi connectivity index (χ0) is 18.1. The first-order valence-corrected chi connectivity index (χ1v) is 8.09. The quantitative estimate of drug-likeness (QED) is 0.784. The van der Waals surface area contributed by atoms with Crippen molar-refractivity contribution in [3.63, 3.8) is 0 Å². The molecule has 0 heterocycles. The van der Waals surface area contributed by atoms with Gasteiger partial charge in [-0.25, -0.2) is 0 Å². The number of carbonyl (C=O) groups is 1. The average Bonchev–Trinajstić information content (AvgIpc) is 3.05. The van der Waals surface area contributed by atoms with Crippen LogP contribution in [0, 0.1) is 17.3 Å². The molecule has 2 atom stereocenters. The van der Waals surface area contributed by atoms with Gasteiger partial charge in [-0.05, 0) is 42.9 Å². The SMILES string of the molecule is COc1cc(CNC(=O)C2C(C=C(C)C)C2(C)C)cc(OC)c1O. The third-order valence-corrected chi connectivity index (χ3v) is 4.71. The van der Waals surface area contributed by atoms with Crippen molar-refractivity contribution < 1.29 is 19.4 Å². The van der Waals surface area contributed by atoms with Crippen LogP contribution in [0.25, 0.3) is 0 Å². The van der Waals surface area contributed by atoms with Crippen molar-refractivity contribution in [2.75, 3.05) is 14.2 Å². The van der Waals surface area contributed by atoms with Gasteiger partial charge in [-0.2, -0.15) is 0 Å². The van der Waals surface area contributed by atoms with Gasteiger partial charge >= 0.3 is 0 Å². The van der Waals surface area contributed by atoms with Crippen molar-refractivity contribution in [2.24, 2.45) is 17.3 Å². The topological polar surface area (TPSA) is 67.8 Å². The molecule has 2 unspecified atom stereocenters. The Bertz CT molecular complexity index is 634. The predicted octanol–water partition coefficient (Wildman–Crippen LogP) is 3.26. The van der Waals surface area contributed by atoms with Crippen LogP contribution < -0.4 is 14.8 Å². The Balaban J connectivity index is 2.06. The molecule has 0 aliphatic heterocycles.